The van der Waals surface area contributed by atoms with E-state index in [0.717, 1.165) is 11.3 Å². The number of anilines is 2. The van der Waals surface area contributed by atoms with Gasteiger partial charge < -0.3 is 24.3 Å². The summed E-state index contributed by atoms with van der Waals surface area (Å²) in [4.78, 5) is 26.8. The van der Waals surface area contributed by atoms with Crippen molar-refractivity contribution in [3.8, 4) is 23.0 Å². The highest BCUT2D eigenvalue weighted by Gasteiger charge is 2.33. The zero-order valence-electron chi connectivity index (χ0n) is 19.6. The minimum atomic E-state index is -0.349. The second-order valence-electron chi connectivity index (χ2n) is 7.58. The van der Waals surface area contributed by atoms with Gasteiger partial charge in [0.05, 0.1) is 27.1 Å². The Bertz CT molecular complexity index is 1160. The van der Waals surface area contributed by atoms with Gasteiger partial charge in [-0.25, -0.2) is 0 Å². The van der Waals surface area contributed by atoms with Crippen LogP contribution >= 0.6 is 11.8 Å². The van der Waals surface area contributed by atoms with E-state index in [1.54, 1.807) is 40.9 Å². The van der Waals surface area contributed by atoms with Gasteiger partial charge in [-0.1, -0.05) is 30.3 Å². The molecule has 1 fully saturated rings. The zero-order chi connectivity index (χ0) is 24.8. The van der Waals surface area contributed by atoms with E-state index in [-0.39, 0.29) is 23.8 Å². The van der Waals surface area contributed by atoms with E-state index < -0.39 is 0 Å². The second kappa shape index (κ2) is 11.1. The Morgan fingerprint density at radius 3 is 2.23 bits per heavy atom. The van der Waals surface area contributed by atoms with E-state index in [1.165, 1.54) is 21.3 Å². The Morgan fingerprint density at radius 1 is 0.971 bits per heavy atom. The van der Waals surface area contributed by atoms with Crippen molar-refractivity contribution in [1.29, 1.82) is 0 Å². The summed E-state index contributed by atoms with van der Waals surface area (Å²) in [5.74, 6) is 1.96. The minimum Gasteiger partial charge on any atom is -0.493 e. The fraction of sp³-hybridized carbons (Fsp3) is 0.231. The number of thioether (sulfide) groups is 1. The van der Waals surface area contributed by atoms with Crippen molar-refractivity contribution in [2.24, 2.45) is 0 Å². The van der Waals surface area contributed by atoms with Crippen molar-refractivity contribution in [3.63, 3.8) is 0 Å². The second-order valence-corrected chi connectivity index (χ2v) is 8.65. The molecule has 3 aromatic carbocycles. The summed E-state index contributed by atoms with van der Waals surface area (Å²) in [5, 5.41) is 2.69. The Hall–Kier alpha value is -3.85. The van der Waals surface area contributed by atoms with Crippen LogP contribution in [0.5, 0.6) is 23.0 Å². The lowest BCUT2D eigenvalue weighted by atomic mass is 10.2. The fourth-order valence-electron chi connectivity index (χ4n) is 3.77. The number of hydrogen-bond donors (Lipinski definition) is 1. The average Bonchev–Trinajstić information content (AvgIpc) is 3.28. The van der Waals surface area contributed by atoms with Crippen molar-refractivity contribution in [2.75, 3.05) is 43.9 Å². The lowest BCUT2D eigenvalue weighted by Gasteiger charge is -2.24. The first kappa shape index (κ1) is 24.3. The number of methoxy groups -OCH3 is 3. The molecule has 1 aliphatic heterocycles. The lowest BCUT2D eigenvalue weighted by molar-refractivity contribution is -0.118. The summed E-state index contributed by atoms with van der Waals surface area (Å²) in [7, 11) is 4.52. The number of benzene rings is 3. The van der Waals surface area contributed by atoms with Gasteiger partial charge in [-0.2, -0.15) is 0 Å². The Labute approximate surface area is 208 Å². The van der Waals surface area contributed by atoms with Crippen molar-refractivity contribution in [1.82, 2.24) is 0 Å². The Balaban J connectivity index is 1.39. The summed E-state index contributed by atoms with van der Waals surface area (Å²) in [6.07, 6.45) is 0. The predicted molar refractivity (Wildman–Crippen MR) is 136 cm³/mol. The van der Waals surface area contributed by atoms with Crippen molar-refractivity contribution in [3.05, 3.63) is 72.3 Å². The lowest BCUT2D eigenvalue weighted by Crippen LogP contribution is -2.27. The maximum Gasteiger partial charge on any atom is 0.262 e. The molecule has 0 spiro atoms. The number of rotatable bonds is 9. The molecule has 4 rings (SSSR count). The van der Waals surface area contributed by atoms with E-state index in [9.17, 15) is 9.59 Å². The first-order chi connectivity index (χ1) is 17.0. The molecule has 35 heavy (non-hydrogen) atoms. The van der Waals surface area contributed by atoms with Crippen LogP contribution in [0.1, 0.15) is 10.9 Å². The fourth-order valence-corrected chi connectivity index (χ4v) is 4.95. The Kier molecular flexibility index (Phi) is 7.67. The van der Waals surface area contributed by atoms with E-state index >= 15 is 0 Å². The number of hydrogen-bond acceptors (Lipinski definition) is 7. The number of carbonyl (C=O) groups excluding carboxylic acids is 2. The van der Waals surface area contributed by atoms with Crippen LogP contribution in [0.3, 0.4) is 0 Å². The number of nitrogens with one attached hydrogen (secondary N) is 1. The van der Waals surface area contributed by atoms with Crippen LogP contribution in [0.4, 0.5) is 11.4 Å². The molecular formula is C26H26N2O6S. The first-order valence-corrected chi connectivity index (χ1v) is 11.9. The molecule has 0 aromatic heterocycles. The molecule has 0 saturated carbocycles. The summed E-state index contributed by atoms with van der Waals surface area (Å²) >= 11 is 1.60. The highest BCUT2D eigenvalue weighted by atomic mass is 32.2. The van der Waals surface area contributed by atoms with Crippen LogP contribution in [0.25, 0.3) is 0 Å². The van der Waals surface area contributed by atoms with Gasteiger partial charge in [0.25, 0.3) is 5.91 Å². The number of amides is 2. The third-order valence-corrected chi connectivity index (χ3v) is 6.60. The van der Waals surface area contributed by atoms with E-state index in [4.69, 9.17) is 18.9 Å². The molecule has 8 nitrogen and oxygen atoms in total. The van der Waals surface area contributed by atoms with Gasteiger partial charge in [0.1, 0.15) is 11.1 Å². The molecule has 0 bridgehead atoms. The third kappa shape index (κ3) is 5.46. The summed E-state index contributed by atoms with van der Waals surface area (Å²) in [5.41, 5.74) is 2.34. The van der Waals surface area contributed by atoms with E-state index in [0.29, 0.717) is 34.4 Å². The topological polar surface area (TPSA) is 86.3 Å². The van der Waals surface area contributed by atoms with Gasteiger partial charge in [0.15, 0.2) is 18.1 Å². The van der Waals surface area contributed by atoms with Crippen LogP contribution < -0.4 is 29.2 Å². The SMILES string of the molecule is COc1cc(NC(=O)COc2ccc(N3C(=O)CSC3c3ccccc3)cc2)cc(OC)c1OC. The molecule has 182 valence electrons. The highest BCUT2D eigenvalue weighted by Crippen LogP contribution is 2.42. The van der Waals surface area contributed by atoms with Crippen LogP contribution in [-0.2, 0) is 9.59 Å². The van der Waals surface area contributed by atoms with Crippen LogP contribution in [0.2, 0.25) is 0 Å². The molecule has 1 atom stereocenters. The molecule has 2 amide bonds. The van der Waals surface area contributed by atoms with E-state index in [2.05, 4.69) is 5.32 Å². The molecule has 1 N–H and O–H groups in total. The van der Waals surface area contributed by atoms with E-state index in [1.807, 2.05) is 42.5 Å². The molecule has 1 unspecified atom stereocenters. The number of ether oxygens (including phenoxy) is 4. The minimum absolute atomic E-state index is 0.0576. The number of nitrogens with zero attached hydrogens (tertiary/aromatic N) is 1. The number of carbonyl (C=O) groups is 2. The third-order valence-electron chi connectivity index (χ3n) is 5.39. The molecule has 0 radical (unpaired) electrons. The Morgan fingerprint density at radius 2 is 1.63 bits per heavy atom. The average molecular weight is 495 g/mol. The van der Waals surface area contributed by atoms with Gasteiger partial charge in [0, 0.05) is 23.5 Å². The molecule has 9 heteroatoms. The normalized spacial score (nSPS) is 15.0. The monoisotopic (exact) mass is 494 g/mol. The van der Waals surface area contributed by atoms with Gasteiger partial charge >= 0.3 is 0 Å². The summed E-state index contributed by atoms with van der Waals surface area (Å²) in [6.45, 7) is -0.193. The summed E-state index contributed by atoms with van der Waals surface area (Å²) in [6, 6.07) is 20.4. The maximum absolute atomic E-state index is 12.6. The van der Waals surface area contributed by atoms with Crippen molar-refractivity contribution in [2.45, 2.75) is 5.37 Å². The zero-order valence-corrected chi connectivity index (χ0v) is 20.5. The molecule has 1 aliphatic rings. The standard InChI is InChI=1S/C26H26N2O6S/c1-31-21-13-18(14-22(32-2)25(21)33-3)27-23(29)15-34-20-11-9-19(10-12-20)28-24(30)16-35-26(28)17-7-5-4-6-8-17/h4-14,26H,15-16H2,1-3H3,(H,27,29). The van der Waals surface area contributed by atoms with Crippen LogP contribution in [0.15, 0.2) is 66.7 Å². The van der Waals surface area contributed by atoms with Gasteiger partial charge in [-0.3, -0.25) is 14.5 Å². The smallest absolute Gasteiger partial charge is 0.262 e. The quantitative estimate of drug-likeness (QED) is 0.468. The molecular weight excluding hydrogens is 468 g/mol. The highest BCUT2D eigenvalue weighted by molar-refractivity contribution is 8.00. The van der Waals surface area contributed by atoms with Gasteiger partial charge in [0.2, 0.25) is 11.7 Å². The molecule has 3 aromatic rings. The molecule has 1 heterocycles. The van der Waals surface area contributed by atoms with Crippen LogP contribution in [-0.4, -0.2) is 45.5 Å². The van der Waals surface area contributed by atoms with Gasteiger partial charge in [-0.05, 0) is 29.8 Å². The first-order valence-electron chi connectivity index (χ1n) is 10.9. The predicted octanol–water partition coefficient (Wildman–Crippen LogP) is 4.51. The van der Waals surface area contributed by atoms with Crippen molar-refractivity contribution >= 4 is 35.0 Å². The maximum atomic E-state index is 12.6. The largest absolute Gasteiger partial charge is 0.493 e. The van der Waals surface area contributed by atoms with Crippen molar-refractivity contribution < 1.29 is 28.5 Å². The van der Waals surface area contributed by atoms with Crippen LogP contribution in [0, 0.1) is 0 Å². The molecule has 0 aliphatic carbocycles. The molecule has 1 saturated heterocycles. The summed E-state index contributed by atoms with van der Waals surface area (Å²) < 4.78 is 21.6. The van der Waals surface area contributed by atoms with Gasteiger partial charge in [-0.15, -0.1) is 11.8 Å².